The minimum atomic E-state index is -1.11. The van der Waals surface area contributed by atoms with Crippen LogP contribution in [0.5, 0.6) is 0 Å². The van der Waals surface area contributed by atoms with Crippen molar-refractivity contribution in [3.05, 3.63) is 29.8 Å². The molecule has 1 aromatic rings. The minimum absolute atomic E-state index is 0.157. The first-order valence-electron chi connectivity index (χ1n) is 8.89. The van der Waals surface area contributed by atoms with Gasteiger partial charge in [-0.15, -0.1) is 0 Å². The lowest BCUT2D eigenvalue weighted by Gasteiger charge is -2.33. The molecule has 0 aliphatic carbocycles. The van der Waals surface area contributed by atoms with Gasteiger partial charge in [0.05, 0.1) is 6.10 Å². The van der Waals surface area contributed by atoms with Crippen LogP contribution in [0.15, 0.2) is 24.3 Å². The van der Waals surface area contributed by atoms with Crippen molar-refractivity contribution in [2.24, 2.45) is 0 Å². The molecular formula is C19H28N2O5. The van der Waals surface area contributed by atoms with Crippen molar-refractivity contribution in [3.8, 4) is 0 Å². The third-order valence-corrected chi connectivity index (χ3v) is 4.21. The fraction of sp³-hybridized carbons (Fsp3) is 0.579. The maximum Gasteiger partial charge on any atom is 0.408 e. The van der Waals surface area contributed by atoms with Crippen LogP contribution in [0, 0.1) is 0 Å². The van der Waals surface area contributed by atoms with E-state index in [1.54, 1.807) is 20.8 Å². The molecule has 144 valence electrons. The monoisotopic (exact) mass is 364 g/mol. The Labute approximate surface area is 154 Å². The molecule has 1 aliphatic rings. The van der Waals surface area contributed by atoms with Crippen molar-refractivity contribution in [1.82, 2.24) is 5.32 Å². The predicted octanol–water partition coefficient (Wildman–Crippen LogP) is 2.17. The van der Waals surface area contributed by atoms with E-state index >= 15 is 0 Å². The number of carboxylic acid groups (broad SMARTS) is 1. The molecule has 1 fully saturated rings. The number of hydrogen-bond acceptors (Lipinski definition) is 5. The quantitative estimate of drug-likeness (QED) is 0.741. The number of anilines is 1. The molecule has 1 saturated heterocycles. The molecule has 2 rings (SSSR count). The second-order valence-electron chi connectivity index (χ2n) is 7.59. The lowest BCUT2D eigenvalue weighted by Crippen LogP contribution is -2.45. The number of carbonyl (C=O) groups is 2. The van der Waals surface area contributed by atoms with Gasteiger partial charge < -0.3 is 25.2 Å². The first-order valence-corrected chi connectivity index (χ1v) is 8.89. The summed E-state index contributed by atoms with van der Waals surface area (Å²) in [4.78, 5) is 25.7. The van der Waals surface area contributed by atoms with Crippen LogP contribution >= 0.6 is 0 Å². The molecule has 7 nitrogen and oxygen atoms in total. The number of hydrogen-bond donors (Lipinski definition) is 3. The number of alkyl carbamates (subject to hydrolysis) is 1. The molecule has 0 radical (unpaired) electrons. The topological polar surface area (TPSA) is 99.1 Å². The smallest absolute Gasteiger partial charge is 0.408 e. The summed E-state index contributed by atoms with van der Waals surface area (Å²) in [7, 11) is 0. The number of ether oxygens (including phenoxy) is 1. The van der Waals surface area contributed by atoms with Crippen LogP contribution in [0.25, 0.3) is 0 Å². The number of nitrogens with zero attached hydrogens (tertiary/aromatic N) is 1. The molecule has 0 saturated carbocycles. The Balaban J connectivity index is 2.11. The summed E-state index contributed by atoms with van der Waals surface area (Å²) in [6.45, 7) is 6.61. The fourth-order valence-corrected chi connectivity index (χ4v) is 2.97. The number of aliphatic hydroxyl groups excluding tert-OH is 1. The van der Waals surface area contributed by atoms with Crippen LogP contribution in [-0.4, -0.2) is 53.1 Å². The van der Waals surface area contributed by atoms with Gasteiger partial charge >= 0.3 is 12.1 Å². The Kier molecular flexibility index (Phi) is 6.47. The van der Waals surface area contributed by atoms with Gasteiger partial charge in [-0.1, -0.05) is 18.2 Å². The number of piperidine rings is 1. The number of benzene rings is 1. The van der Waals surface area contributed by atoms with Gasteiger partial charge in [0.25, 0.3) is 0 Å². The largest absolute Gasteiger partial charge is 0.480 e. The van der Waals surface area contributed by atoms with E-state index in [9.17, 15) is 19.8 Å². The summed E-state index contributed by atoms with van der Waals surface area (Å²) in [5.41, 5.74) is 1.09. The average Bonchev–Trinajstić information content (AvgIpc) is 2.54. The van der Waals surface area contributed by atoms with Crippen molar-refractivity contribution in [2.75, 3.05) is 18.0 Å². The van der Waals surface area contributed by atoms with Crippen LogP contribution in [0.3, 0.4) is 0 Å². The predicted molar refractivity (Wildman–Crippen MR) is 98.4 cm³/mol. The molecule has 1 amide bonds. The summed E-state index contributed by atoms with van der Waals surface area (Å²) in [6.07, 6.45) is 0.506. The zero-order valence-corrected chi connectivity index (χ0v) is 15.6. The minimum Gasteiger partial charge on any atom is -0.480 e. The lowest BCUT2D eigenvalue weighted by atomic mass is 10.0. The molecule has 1 unspecified atom stereocenters. The molecule has 1 aromatic carbocycles. The van der Waals surface area contributed by atoms with Gasteiger partial charge in [0, 0.05) is 25.2 Å². The molecule has 0 aromatic heterocycles. The Morgan fingerprint density at radius 2 is 1.88 bits per heavy atom. The summed E-state index contributed by atoms with van der Waals surface area (Å²) >= 11 is 0. The summed E-state index contributed by atoms with van der Waals surface area (Å²) in [6, 6.07) is 6.48. The van der Waals surface area contributed by atoms with E-state index in [1.165, 1.54) is 0 Å². The molecule has 1 heterocycles. The van der Waals surface area contributed by atoms with Gasteiger partial charge in [-0.2, -0.15) is 0 Å². The van der Waals surface area contributed by atoms with Crippen LogP contribution in [0.4, 0.5) is 10.5 Å². The standard InChI is InChI=1S/C19H28N2O5/c1-19(2,3)26-18(25)20-15(17(23)24)12-13-6-4-5-7-16(13)21-10-8-14(22)9-11-21/h4-7,14-15,22H,8-12H2,1-3H3,(H,20,25)(H,23,24). The number of carbonyl (C=O) groups excluding carboxylic acids is 1. The number of para-hydroxylation sites is 1. The summed E-state index contributed by atoms with van der Waals surface area (Å²) in [5.74, 6) is -1.11. The highest BCUT2D eigenvalue weighted by atomic mass is 16.6. The maximum absolute atomic E-state index is 12.0. The van der Waals surface area contributed by atoms with Gasteiger partial charge in [0.2, 0.25) is 0 Å². The Bertz CT molecular complexity index is 633. The zero-order valence-electron chi connectivity index (χ0n) is 15.6. The highest BCUT2D eigenvalue weighted by molar-refractivity contribution is 5.80. The van der Waals surface area contributed by atoms with Gasteiger partial charge in [0.1, 0.15) is 11.6 Å². The third kappa shape index (κ3) is 5.91. The summed E-state index contributed by atoms with van der Waals surface area (Å²) < 4.78 is 5.16. The van der Waals surface area contributed by atoms with Gasteiger partial charge in [-0.3, -0.25) is 0 Å². The zero-order chi connectivity index (χ0) is 19.3. The lowest BCUT2D eigenvalue weighted by molar-refractivity contribution is -0.139. The van der Waals surface area contributed by atoms with Crippen LogP contribution in [0.1, 0.15) is 39.2 Å². The van der Waals surface area contributed by atoms with E-state index in [0.717, 1.165) is 24.3 Å². The van der Waals surface area contributed by atoms with Crippen molar-refractivity contribution >= 4 is 17.7 Å². The van der Waals surface area contributed by atoms with E-state index < -0.39 is 23.7 Å². The van der Waals surface area contributed by atoms with E-state index in [0.29, 0.717) is 12.8 Å². The highest BCUT2D eigenvalue weighted by Crippen LogP contribution is 2.25. The maximum atomic E-state index is 12.0. The molecule has 0 spiro atoms. The SMILES string of the molecule is CC(C)(C)OC(=O)NC(Cc1ccccc1N1CCC(O)CC1)C(=O)O. The summed E-state index contributed by atoms with van der Waals surface area (Å²) in [5, 5.41) is 21.6. The number of rotatable bonds is 5. The molecule has 1 aliphatic heterocycles. The van der Waals surface area contributed by atoms with Gasteiger partial charge in [-0.05, 0) is 45.2 Å². The van der Waals surface area contributed by atoms with Crippen molar-refractivity contribution in [2.45, 2.75) is 57.8 Å². The van der Waals surface area contributed by atoms with Crippen LogP contribution in [0.2, 0.25) is 0 Å². The number of nitrogens with one attached hydrogen (secondary N) is 1. The molecule has 0 bridgehead atoms. The third-order valence-electron chi connectivity index (χ3n) is 4.21. The van der Waals surface area contributed by atoms with Crippen molar-refractivity contribution in [3.63, 3.8) is 0 Å². The molecule has 1 atom stereocenters. The number of amides is 1. The van der Waals surface area contributed by atoms with E-state index in [-0.39, 0.29) is 12.5 Å². The Morgan fingerprint density at radius 1 is 1.27 bits per heavy atom. The Morgan fingerprint density at radius 3 is 2.46 bits per heavy atom. The van der Waals surface area contributed by atoms with Crippen molar-refractivity contribution < 1.29 is 24.5 Å². The Hall–Kier alpha value is -2.28. The molecular weight excluding hydrogens is 336 g/mol. The molecule has 7 heteroatoms. The molecule has 3 N–H and O–H groups in total. The van der Waals surface area contributed by atoms with Gasteiger partial charge in [-0.25, -0.2) is 9.59 Å². The van der Waals surface area contributed by atoms with Crippen LogP contribution < -0.4 is 10.2 Å². The number of carboxylic acids is 1. The van der Waals surface area contributed by atoms with E-state index in [4.69, 9.17) is 4.74 Å². The fourth-order valence-electron chi connectivity index (χ4n) is 2.97. The first-order chi connectivity index (χ1) is 12.2. The second-order valence-corrected chi connectivity index (χ2v) is 7.59. The van der Waals surface area contributed by atoms with Gasteiger partial charge in [0.15, 0.2) is 0 Å². The number of aliphatic hydroxyl groups is 1. The van der Waals surface area contributed by atoms with Crippen LogP contribution in [-0.2, 0) is 16.0 Å². The van der Waals surface area contributed by atoms with E-state index in [2.05, 4.69) is 10.2 Å². The van der Waals surface area contributed by atoms with E-state index in [1.807, 2.05) is 24.3 Å². The average molecular weight is 364 g/mol. The number of aliphatic carboxylic acids is 1. The normalized spacial score (nSPS) is 16.8. The second kappa shape index (κ2) is 8.40. The highest BCUT2D eigenvalue weighted by Gasteiger charge is 2.26. The molecule has 26 heavy (non-hydrogen) atoms. The van der Waals surface area contributed by atoms with Crippen molar-refractivity contribution in [1.29, 1.82) is 0 Å². The first kappa shape index (κ1) is 20.0.